The summed E-state index contributed by atoms with van der Waals surface area (Å²) in [6, 6.07) is 14.8. The summed E-state index contributed by atoms with van der Waals surface area (Å²) in [5, 5.41) is 3.27. The summed E-state index contributed by atoms with van der Waals surface area (Å²) in [4.78, 5) is 0. The van der Waals surface area contributed by atoms with Crippen LogP contribution >= 0.6 is 0 Å². The molecule has 0 amide bonds. The Labute approximate surface area is 125 Å². The van der Waals surface area contributed by atoms with Gasteiger partial charge in [-0.2, -0.15) is 0 Å². The van der Waals surface area contributed by atoms with Crippen molar-refractivity contribution in [2.45, 2.75) is 39.2 Å². The lowest BCUT2D eigenvalue weighted by Gasteiger charge is -2.11. The van der Waals surface area contributed by atoms with Crippen molar-refractivity contribution in [2.24, 2.45) is 0 Å². The highest BCUT2D eigenvalue weighted by molar-refractivity contribution is 5.46. The molecule has 2 aromatic carbocycles. The Balaban J connectivity index is 1.98. The molecule has 0 fully saturated rings. The van der Waals surface area contributed by atoms with Crippen molar-refractivity contribution in [1.82, 2.24) is 0 Å². The average molecular weight is 289 g/mol. The molecule has 0 spiro atoms. The summed E-state index contributed by atoms with van der Waals surface area (Å²) in [5.74, 6) is 0.557. The molecule has 21 heavy (non-hydrogen) atoms. The van der Waals surface area contributed by atoms with Crippen LogP contribution in [0.2, 0.25) is 0 Å². The van der Waals surface area contributed by atoms with Gasteiger partial charge in [-0.05, 0) is 41.7 Å². The molecule has 3 heteroatoms. The van der Waals surface area contributed by atoms with Crippen LogP contribution in [0.1, 0.15) is 49.3 Å². The highest BCUT2D eigenvalue weighted by Gasteiger charge is 2.07. The van der Waals surface area contributed by atoms with Gasteiger partial charge in [-0.25, -0.2) is 8.78 Å². The quantitative estimate of drug-likeness (QED) is 0.714. The Bertz CT molecular complexity index is 564. The summed E-state index contributed by atoms with van der Waals surface area (Å²) >= 11 is 0. The molecule has 0 saturated carbocycles. The molecule has 1 nitrogen and oxygen atoms in total. The number of benzene rings is 2. The van der Waals surface area contributed by atoms with Crippen LogP contribution < -0.4 is 5.32 Å². The molecular weight excluding hydrogens is 268 g/mol. The first-order valence-electron chi connectivity index (χ1n) is 7.31. The van der Waals surface area contributed by atoms with E-state index in [-0.39, 0.29) is 5.56 Å². The van der Waals surface area contributed by atoms with Crippen LogP contribution in [0.5, 0.6) is 0 Å². The number of hydrogen-bond donors (Lipinski definition) is 1. The van der Waals surface area contributed by atoms with E-state index in [1.807, 2.05) is 18.2 Å². The second-order valence-electron chi connectivity index (χ2n) is 5.33. The predicted octanol–water partition coefficient (Wildman–Crippen LogP) is 5.75. The molecule has 0 aliphatic heterocycles. The molecule has 0 radical (unpaired) electrons. The molecule has 1 unspecified atom stereocenters. The molecule has 2 rings (SSSR count). The molecule has 0 aliphatic carbocycles. The van der Waals surface area contributed by atoms with Gasteiger partial charge in [0.2, 0.25) is 0 Å². The van der Waals surface area contributed by atoms with Gasteiger partial charge in [-0.15, -0.1) is 0 Å². The van der Waals surface area contributed by atoms with Crippen LogP contribution in [0.15, 0.2) is 48.5 Å². The number of alkyl halides is 2. The van der Waals surface area contributed by atoms with E-state index in [0.29, 0.717) is 12.5 Å². The molecule has 0 bridgehead atoms. The second kappa shape index (κ2) is 7.21. The molecular formula is C18H21F2N. The lowest BCUT2D eigenvalue weighted by Crippen LogP contribution is -2.00. The third-order valence-corrected chi connectivity index (χ3v) is 3.79. The van der Waals surface area contributed by atoms with Crippen LogP contribution in [0, 0.1) is 0 Å². The summed E-state index contributed by atoms with van der Waals surface area (Å²) < 4.78 is 25.3. The van der Waals surface area contributed by atoms with E-state index in [9.17, 15) is 8.78 Å². The van der Waals surface area contributed by atoms with E-state index in [1.54, 1.807) is 12.1 Å². The minimum Gasteiger partial charge on any atom is -0.381 e. The highest BCUT2D eigenvalue weighted by Crippen LogP contribution is 2.22. The number of hydrogen-bond acceptors (Lipinski definition) is 1. The van der Waals surface area contributed by atoms with Gasteiger partial charge >= 0.3 is 0 Å². The molecule has 112 valence electrons. The first-order valence-corrected chi connectivity index (χ1v) is 7.31. The van der Waals surface area contributed by atoms with Gasteiger partial charge in [0, 0.05) is 17.8 Å². The lowest BCUT2D eigenvalue weighted by atomic mass is 9.98. The topological polar surface area (TPSA) is 12.0 Å². The number of anilines is 1. The van der Waals surface area contributed by atoms with Crippen molar-refractivity contribution in [3.8, 4) is 0 Å². The number of halogens is 2. The SMILES string of the molecule is CCC(C)c1ccc(NCc2cccc(C(F)F)c2)cc1. The third kappa shape index (κ3) is 4.28. The van der Waals surface area contributed by atoms with Crippen LogP contribution in [0.3, 0.4) is 0 Å². The summed E-state index contributed by atoms with van der Waals surface area (Å²) in [7, 11) is 0. The molecule has 2 aromatic rings. The van der Waals surface area contributed by atoms with Crippen molar-refractivity contribution < 1.29 is 8.78 Å². The maximum atomic E-state index is 12.6. The zero-order valence-electron chi connectivity index (χ0n) is 12.4. The number of nitrogens with one attached hydrogen (secondary N) is 1. The second-order valence-corrected chi connectivity index (χ2v) is 5.33. The predicted molar refractivity (Wildman–Crippen MR) is 83.9 cm³/mol. The van der Waals surface area contributed by atoms with Crippen molar-refractivity contribution in [2.75, 3.05) is 5.32 Å². The normalized spacial score (nSPS) is 12.4. The van der Waals surface area contributed by atoms with E-state index < -0.39 is 6.43 Å². The maximum Gasteiger partial charge on any atom is 0.263 e. The van der Waals surface area contributed by atoms with Crippen molar-refractivity contribution >= 4 is 5.69 Å². The fourth-order valence-corrected chi connectivity index (χ4v) is 2.21. The fourth-order valence-electron chi connectivity index (χ4n) is 2.21. The van der Waals surface area contributed by atoms with E-state index in [1.165, 1.54) is 11.6 Å². The molecule has 0 heterocycles. The summed E-state index contributed by atoms with van der Waals surface area (Å²) in [6.07, 6.45) is -1.30. The minimum absolute atomic E-state index is 0.0708. The van der Waals surface area contributed by atoms with Gasteiger partial charge < -0.3 is 5.32 Å². The highest BCUT2D eigenvalue weighted by atomic mass is 19.3. The Morgan fingerprint density at radius 1 is 1.00 bits per heavy atom. The van der Waals surface area contributed by atoms with Crippen LogP contribution in [0.25, 0.3) is 0 Å². The van der Waals surface area contributed by atoms with E-state index in [0.717, 1.165) is 17.7 Å². The first kappa shape index (κ1) is 15.5. The van der Waals surface area contributed by atoms with Gasteiger partial charge in [-0.1, -0.05) is 44.2 Å². The van der Waals surface area contributed by atoms with Crippen LogP contribution in [-0.2, 0) is 6.54 Å². The van der Waals surface area contributed by atoms with Crippen LogP contribution in [0.4, 0.5) is 14.5 Å². The maximum absolute atomic E-state index is 12.6. The van der Waals surface area contributed by atoms with E-state index >= 15 is 0 Å². The van der Waals surface area contributed by atoms with Gasteiger partial charge in [0.25, 0.3) is 6.43 Å². The lowest BCUT2D eigenvalue weighted by molar-refractivity contribution is 0.151. The van der Waals surface area contributed by atoms with Crippen molar-refractivity contribution in [3.05, 3.63) is 65.2 Å². The zero-order chi connectivity index (χ0) is 15.2. The molecule has 0 aromatic heterocycles. The van der Waals surface area contributed by atoms with Crippen LogP contribution in [-0.4, -0.2) is 0 Å². The molecule has 1 N–H and O–H groups in total. The van der Waals surface area contributed by atoms with Gasteiger partial charge in [0.1, 0.15) is 0 Å². The third-order valence-electron chi connectivity index (χ3n) is 3.79. The van der Waals surface area contributed by atoms with E-state index in [4.69, 9.17) is 0 Å². The summed E-state index contributed by atoms with van der Waals surface area (Å²) in [5.41, 5.74) is 3.26. The number of rotatable bonds is 6. The minimum atomic E-state index is -2.42. The molecule has 1 atom stereocenters. The monoisotopic (exact) mass is 289 g/mol. The first-order chi connectivity index (χ1) is 10.1. The Morgan fingerprint density at radius 3 is 2.33 bits per heavy atom. The fraction of sp³-hybridized carbons (Fsp3) is 0.333. The van der Waals surface area contributed by atoms with Crippen molar-refractivity contribution in [1.29, 1.82) is 0 Å². The molecule has 0 saturated heterocycles. The van der Waals surface area contributed by atoms with Gasteiger partial charge in [0.05, 0.1) is 0 Å². The van der Waals surface area contributed by atoms with Gasteiger partial charge in [-0.3, -0.25) is 0 Å². The Kier molecular flexibility index (Phi) is 5.32. The standard InChI is InChI=1S/C18H21F2N/c1-3-13(2)15-7-9-17(10-8-15)21-12-14-5-4-6-16(11-14)18(19)20/h4-11,13,18,21H,3,12H2,1-2H3. The zero-order valence-corrected chi connectivity index (χ0v) is 12.4. The van der Waals surface area contributed by atoms with Gasteiger partial charge in [0.15, 0.2) is 0 Å². The largest absolute Gasteiger partial charge is 0.381 e. The Hall–Kier alpha value is -1.90. The molecule has 0 aliphatic rings. The van der Waals surface area contributed by atoms with E-state index in [2.05, 4.69) is 31.3 Å². The smallest absolute Gasteiger partial charge is 0.263 e. The summed E-state index contributed by atoms with van der Waals surface area (Å²) in [6.45, 7) is 4.92. The van der Waals surface area contributed by atoms with Crippen molar-refractivity contribution in [3.63, 3.8) is 0 Å². The average Bonchev–Trinajstić information content (AvgIpc) is 2.53. The Morgan fingerprint density at radius 2 is 1.71 bits per heavy atom.